The first kappa shape index (κ1) is 43.2. The van der Waals surface area contributed by atoms with Gasteiger partial charge in [0, 0.05) is 32.0 Å². The van der Waals surface area contributed by atoms with Crippen LogP contribution in [0.3, 0.4) is 0 Å². The van der Waals surface area contributed by atoms with E-state index < -0.39 is 18.1 Å². The lowest BCUT2D eigenvalue weighted by molar-refractivity contribution is -0.143. The molecule has 2 atom stereocenters. The van der Waals surface area contributed by atoms with Crippen molar-refractivity contribution in [3.05, 3.63) is 0 Å². The highest BCUT2D eigenvalue weighted by atomic mass is 32.1. The summed E-state index contributed by atoms with van der Waals surface area (Å²) < 4.78 is 21.2. The molecule has 0 radical (unpaired) electrons. The molecule has 0 unspecified atom stereocenters. The summed E-state index contributed by atoms with van der Waals surface area (Å²) in [5.41, 5.74) is 2.39. The van der Waals surface area contributed by atoms with Gasteiger partial charge in [0.15, 0.2) is 0 Å². The third-order valence-corrected chi connectivity index (χ3v) is 7.65. The summed E-state index contributed by atoms with van der Waals surface area (Å²) in [4.78, 5) is 70.6. The number of amides is 4. The molecule has 1 aliphatic rings. The molecule has 48 heavy (non-hydrogen) atoms. The molecule has 0 heterocycles. The Morgan fingerprint density at radius 2 is 1.23 bits per heavy atom. The molecule has 8 N–H and O–H groups in total. The van der Waals surface area contributed by atoms with E-state index in [0.29, 0.717) is 25.8 Å². The molecule has 1 aliphatic carbocycles. The maximum Gasteiger partial charge on any atom is 0.326 e. The van der Waals surface area contributed by atoms with E-state index >= 15 is 0 Å². The number of thiol groups is 1. The Bertz CT molecular complexity index is 972. The van der Waals surface area contributed by atoms with Crippen molar-refractivity contribution in [3.8, 4) is 0 Å². The second kappa shape index (κ2) is 28.0. The number of hydrogen-bond acceptors (Lipinski definition) is 12. The van der Waals surface area contributed by atoms with Gasteiger partial charge in [0.05, 0.1) is 45.7 Å². The van der Waals surface area contributed by atoms with Crippen LogP contribution in [0.4, 0.5) is 0 Å². The zero-order valence-electron chi connectivity index (χ0n) is 27.6. The number of carboxylic acid groups (broad SMARTS) is 1. The molecule has 4 amide bonds. The first-order chi connectivity index (χ1) is 23.1. The standard InChI is InChI=1S/C30H54N6O11S/c31-36-24(30(43)48)8-4-5-11-32-26(38)20-46-18-17-45-15-13-34-27(39)21-47-19-16-44-14-12-33-25(37)10-9-23(29(41)42)35-28(40)22-6-2-1-3-7-22/h22-24,36H,1-21,31H2,(H,32,38)(H,33,37)(H,34,39)(H,35,40)(H,41,42)(H,43,48)/t23-,24-/m0/s1. The monoisotopic (exact) mass is 706 g/mol. The van der Waals surface area contributed by atoms with E-state index in [-0.39, 0.29) is 113 Å². The Morgan fingerprint density at radius 3 is 1.77 bits per heavy atom. The normalized spacial score (nSPS) is 14.5. The van der Waals surface area contributed by atoms with Crippen LogP contribution in [0.15, 0.2) is 0 Å². The van der Waals surface area contributed by atoms with Crippen molar-refractivity contribution < 1.29 is 52.8 Å². The summed E-state index contributed by atoms with van der Waals surface area (Å²) in [7, 11) is 0. The molecule has 276 valence electrons. The molecule has 17 nitrogen and oxygen atoms in total. The number of carboxylic acids is 1. The largest absolute Gasteiger partial charge is 0.480 e. The average Bonchev–Trinajstić information content (AvgIpc) is 3.06. The van der Waals surface area contributed by atoms with E-state index in [9.17, 15) is 33.9 Å². The van der Waals surface area contributed by atoms with Crippen LogP contribution in [-0.2, 0) is 47.7 Å². The molecule has 0 bridgehead atoms. The Kier molecular flexibility index (Phi) is 25.2. The minimum absolute atomic E-state index is 0.00190. The van der Waals surface area contributed by atoms with Gasteiger partial charge in [-0.1, -0.05) is 19.3 Å². The fourth-order valence-electron chi connectivity index (χ4n) is 4.65. The molecule has 0 aliphatic heterocycles. The predicted molar refractivity (Wildman–Crippen MR) is 177 cm³/mol. The highest BCUT2D eigenvalue weighted by Crippen LogP contribution is 2.23. The van der Waals surface area contributed by atoms with Crippen LogP contribution in [0.2, 0.25) is 0 Å². The number of ether oxygens (including phenoxy) is 4. The summed E-state index contributed by atoms with van der Waals surface area (Å²) in [6.07, 6.45) is 6.41. The molecule has 0 aromatic rings. The topological polar surface area (TPSA) is 246 Å². The summed E-state index contributed by atoms with van der Waals surface area (Å²) in [6, 6.07) is -1.61. The number of nitrogens with two attached hydrogens (primary N) is 1. The van der Waals surface area contributed by atoms with Crippen LogP contribution < -0.4 is 32.5 Å². The van der Waals surface area contributed by atoms with Crippen LogP contribution in [-0.4, -0.2) is 124 Å². The fraction of sp³-hybridized carbons (Fsp3) is 0.800. The van der Waals surface area contributed by atoms with Crippen molar-refractivity contribution in [2.45, 2.75) is 76.3 Å². The number of unbranched alkanes of at least 4 members (excludes halogenated alkanes) is 1. The van der Waals surface area contributed by atoms with Crippen molar-refractivity contribution in [2.75, 3.05) is 72.5 Å². The van der Waals surface area contributed by atoms with E-state index in [4.69, 9.17) is 24.8 Å². The maximum absolute atomic E-state index is 12.3. The van der Waals surface area contributed by atoms with E-state index in [1.54, 1.807) is 0 Å². The van der Waals surface area contributed by atoms with Crippen LogP contribution >= 0.6 is 12.6 Å². The predicted octanol–water partition coefficient (Wildman–Crippen LogP) is -1.21. The number of carbonyl (C=O) groups excluding carboxylic acids is 5. The van der Waals surface area contributed by atoms with Gasteiger partial charge in [-0.3, -0.25) is 29.8 Å². The summed E-state index contributed by atoms with van der Waals surface area (Å²) in [5.74, 6) is 2.77. The summed E-state index contributed by atoms with van der Waals surface area (Å²) in [5, 5.41) is 19.7. The number of carbonyl (C=O) groups is 6. The highest BCUT2D eigenvalue weighted by Gasteiger charge is 2.26. The van der Waals surface area contributed by atoms with Crippen molar-refractivity contribution in [2.24, 2.45) is 11.8 Å². The van der Waals surface area contributed by atoms with Crippen LogP contribution in [0.5, 0.6) is 0 Å². The van der Waals surface area contributed by atoms with Gasteiger partial charge >= 0.3 is 5.97 Å². The Labute approximate surface area is 287 Å². The maximum atomic E-state index is 12.3. The molecule has 1 saturated carbocycles. The molecule has 18 heteroatoms. The first-order valence-electron chi connectivity index (χ1n) is 16.5. The fourth-order valence-corrected chi connectivity index (χ4v) is 4.86. The van der Waals surface area contributed by atoms with Gasteiger partial charge in [-0.25, -0.2) is 10.2 Å². The summed E-state index contributed by atoms with van der Waals surface area (Å²) in [6.45, 7) is 2.02. The number of rotatable bonds is 29. The lowest BCUT2D eigenvalue weighted by atomic mass is 9.88. The van der Waals surface area contributed by atoms with Crippen molar-refractivity contribution in [1.29, 1.82) is 0 Å². The van der Waals surface area contributed by atoms with E-state index in [2.05, 4.69) is 39.3 Å². The smallest absolute Gasteiger partial charge is 0.326 e. The SMILES string of the molecule is NN[C@@H](CCCCNC(=O)COCCOCCNC(=O)COCCOCCNC(=O)CC[C@H](NC(=O)C1CCCCC1)C(=O)O)C(=O)S. The van der Waals surface area contributed by atoms with Crippen LogP contribution in [0.1, 0.15) is 64.2 Å². The van der Waals surface area contributed by atoms with E-state index in [0.717, 1.165) is 32.1 Å². The number of hydrazine groups is 1. The number of aliphatic carboxylic acids is 1. The van der Waals surface area contributed by atoms with E-state index in [1.165, 1.54) is 0 Å². The first-order valence-corrected chi connectivity index (χ1v) is 16.9. The van der Waals surface area contributed by atoms with E-state index in [1.807, 2.05) is 0 Å². The Morgan fingerprint density at radius 1 is 0.688 bits per heavy atom. The second-order valence-electron chi connectivity index (χ2n) is 11.2. The molecule has 0 aromatic carbocycles. The number of hydrogen-bond donors (Lipinski definition) is 8. The van der Waals surface area contributed by atoms with Gasteiger partial charge in [-0.05, 0) is 38.5 Å². The Balaban J connectivity index is 1.91. The third-order valence-electron chi connectivity index (χ3n) is 7.34. The van der Waals surface area contributed by atoms with Gasteiger partial charge in [0.1, 0.15) is 19.3 Å². The second-order valence-corrected chi connectivity index (χ2v) is 11.6. The van der Waals surface area contributed by atoms with Gasteiger partial charge in [0.2, 0.25) is 28.7 Å². The van der Waals surface area contributed by atoms with Crippen molar-refractivity contribution >= 4 is 47.3 Å². The minimum atomic E-state index is -1.16. The van der Waals surface area contributed by atoms with Crippen molar-refractivity contribution in [1.82, 2.24) is 26.7 Å². The average molecular weight is 707 g/mol. The molecular weight excluding hydrogens is 652 g/mol. The molecule has 0 aromatic heterocycles. The van der Waals surface area contributed by atoms with Crippen LogP contribution in [0.25, 0.3) is 0 Å². The molecule has 0 spiro atoms. The quantitative estimate of drug-likeness (QED) is 0.0197. The highest BCUT2D eigenvalue weighted by molar-refractivity contribution is 7.96. The Hall–Kier alpha value is -2.87. The van der Waals surface area contributed by atoms with Gasteiger partial charge in [0.25, 0.3) is 0 Å². The van der Waals surface area contributed by atoms with Gasteiger partial charge in [-0.2, -0.15) is 0 Å². The molecule has 1 fully saturated rings. The summed E-state index contributed by atoms with van der Waals surface area (Å²) >= 11 is 3.74. The zero-order valence-corrected chi connectivity index (χ0v) is 28.5. The zero-order chi connectivity index (χ0) is 35.4. The molecular formula is C30H54N6O11S. The van der Waals surface area contributed by atoms with Gasteiger partial charge < -0.3 is 45.3 Å². The molecule has 1 rings (SSSR count). The third kappa shape index (κ3) is 22.7. The van der Waals surface area contributed by atoms with Gasteiger partial charge in [-0.15, -0.1) is 12.6 Å². The van der Waals surface area contributed by atoms with Crippen molar-refractivity contribution in [3.63, 3.8) is 0 Å². The lowest BCUT2D eigenvalue weighted by Crippen LogP contribution is -2.44. The lowest BCUT2D eigenvalue weighted by Gasteiger charge is -2.23. The van der Waals surface area contributed by atoms with Crippen LogP contribution in [0, 0.1) is 5.92 Å². The minimum Gasteiger partial charge on any atom is -0.480 e. The molecule has 0 saturated heterocycles. The number of nitrogens with one attached hydrogen (secondary N) is 5.